The molecule has 1 aromatic carbocycles. The van der Waals surface area contributed by atoms with Crippen molar-refractivity contribution in [3.63, 3.8) is 0 Å². The van der Waals surface area contributed by atoms with Gasteiger partial charge in [0.15, 0.2) is 0 Å². The van der Waals surface area contributed by atoms with E-state index in [1.54, 1.807) is 6.07 Å². The SMILES string of the molecule is Cc1cncc2c1c(CC1CN(CC3CCOCC3)C1)cn2-c1ccc(F)cc1C(=O)N1CCCCC1. The molecule has 1 amide bonds. The van der Waals surface area contributed by atoms with Gasteiger partial charge in [0, 0.05) is 63.7 Å². The van der Waals surface area contributed by atoms with Crippen molar-refractivity contribution in [3.8, 4) is 5.69 Å². The molecule has 0 bridgehead atoms. The minimum atomic E-state index is -0.380. The molecule has 6 nitrogen and oxygen atoms in total. The maximum Gasteiger partial charge on any atom is 0.256 e. The van der Waals surface area contributed by atoms with Gasteiger partial charge in [-0.2, -0.15) is 0 Å². The predicted octanol–water partition coefficient (Wildman–Crippen LogP) is 5.00. The van der Waals surface area contributed by atoms with Crippen LogP contribution in [0.1, 0.15) is 53.6 Å². The number of nitrogens with zero attached hydrogens (tertiary/aromatic N) is 4. The average Bonchev–Trinajstić information content (AvgIpc) is 3.27. The Morgan fingerprint density at radius 2 is 1.86 bits per heavy atom. The summed E-state index contributed by atoms with van der Waals surface area (Å²) in [5, 5.41) is 1.21. The van der Waals surface area contributed by atoms with Crippen LogP contribution in [0.25, 0.3) is 16.6 Å². The highest BCUT2D eigenvalue weighted by molar-refractivity contribution is 5.99. The van der Waals surface area contributed by atoms with Gasteiger partial charge in [-0.05, 0) is 86.6 Å². The molecule has 6 rings (SSSR count). The standard InChI is InChI=1S/C30H37FN4O2/c1-21-15-32-16-28-29(21)24(13-23-18-33(19-23)17-22-7-11-37-12-8-22)20-35(28)27-6-5-25(31)14-26(27)30(36)34-9-3-2-4-10-34/h5-6,14-16,20,22-23H,2-4,7-13,17-19H2,1H3. The lowest BCUT2D eigenvalue weighted by Crippen LogP contribution is -2.49. The zero-order chi connectivity index (χ0) is 25.4. The van der Waals surface area contributed by atoms with Gasteiger partial charge in [0.1, 0.15) is 5.82 Å². The summed E-state index contributed by atoms with van der Waals surface area (Å²) in [6, 6.07) is 4.61. The van der Waals surface area contributed by atoms with Crippen LogP contribution >= 0.6 is 0 Å². The molecule has 5 heterocycles. The third-order valence-corrected chi connectivity index (χ3v) is 8.47. The number of carbonyl (C=O) groups is 1. The number of benzene rings is 1. The van der Waals surface area contributed by atoms with Crippen LogP contribution in [-0.4, -0.2) is 71.2 Å². The van der Waals surface area contributed by atoms with Crippen molar-refractivity contribution < 1.29 is 13.9 Å². The number of aryl methyl sites for hydroxylation is 1. The van der Waals surface area contributed by atoms with E-state index < -0.39 is 0 Å². The number of ether oxygens (including phenoxy) is 1. The highest BCUT2D eigenvalue weighted by atomic mass is 19.1. The largest absolute Gasteiger partial charge is 0.381 e. The van der Waals surface area contributed by atoms with Crippen LogP contribution in [0.4, 0.5) is 4.39 Å². The van der Waals surface area contributed by atoms with E-state index in [9.17, 15) is 9.18 Å². The van der Waals surface area contributed by atoms with E-state index in [0.29, 0.717) is 11.5 Å². The molecule has 0 radical (unpaired) electrons. The summed E-state index contributed by atoms with van der Waals surface area (Å²) in [7, 11) is 0. The number of halogens is 1. The lowest BCUT2D eigenvalue weighted by atomic mass is 9.89. The van der Waals surface area contributed by atoms with Crippen LogP contribution in [0.15, 0.2) is 36.8 Å². The van der Waals surface area contributed by atoms with E-state index in [1.165, 1.54) is 42.5 Å². The van der Waals surface area contributed by atoms with E-state index in [0.717, 1.165) is 87.8 Å². The van der Waals surface area contributed by atoms with Gasteiger partial charge in [-0.3, -0.25) is 9.78 Å². The topological polar surface area (TPSA) is 50.6 Å². The molecular formula is C30H37FN4O2. The Morgan fingerprint density at radius 1 is 1.08 bits per heavy atom. The molecule has 2 aromatic heterocycles. The molecule has 0 aliphatic carbocycles. The van der Waals surface area contributed by atoms with Crippen LogP contribution in [0.3, 0.4) is 0 Å². The van der Waals surface area contributed by atoms with Crippen LogP contribution in [0, 0.1) is 24.6 Å². The monoisotopic (exact) mass is 504 g/mol. The van der Waals surface area contributed by atoms with Gasteiger partial charge in [-0.25, -0.2) is 4.39 Å². The van der Waals surface area contributed by atoms with Crippen molar-refractivity contribution in [2.24, 2.45) is 11.8 Å². The second kappa shape index (κ2) is 10.5. The minimum absolute atomic E-state index is 0.0824. The summed E-state index contributed by atoms with van der Waals surface area (Å²) >= 11 is 0. The zero-order valence-corrected chi connectivity index (χ0v) is 21.8. The van der Waals surface area contributed by atoms with Gasteiger partial charge in [0.05, 0.1) is 23.0 Å². The third kappa shape index (κ3) is 5.04. The van der Waals surface area contributed by atoms with Gasteiger partial charge >= 0.3 is 0 Å². The number of piperidine rings is 1. The maximum absolute atomic E-state index is 14.4. The number of amides is 1. The normalized spacial score (nSPS) is 19.9. The molecule has 3 aliphatic rings. The molecule has 3 aromatic rings. The van der Waals surface area contributed by atoms with Crippen molar-refractivity contribution in [1.29, 1.82) is 0 Å². The van der Waals surface area contributed by atoms with Crippen LogP contribution in [-0.2, 0) is 11.2 Å². The fraction of sp³-hybridized carbons (Fsp3) is 0.533. The minimum Gasteiger partial charge on any atom is -0.381 e. The van der Waals surface area contributed by atoms with Crippen LogP contribution < -0.4 is 0 Å². The van der Waals surface area contributed by atoms with E-state index in [-0.39, 0.29) is 11.7 Å². The quantitative estimate of drug-likeness (QED) is 0.474. The summed E-state index contributed by atoms with van der Waals surface area (Å²) in [6.45, 7) is 8.82. The van der Waals surface area contributed by atoms with Crippen molar-refractivity contribution in [1.82, 2.24) is 19.4 Å². The Bertz CT molecular complexity index is 1270. The first-order valence-electron chi connectivity index (χ1n) is 13.9. The molecule has 0 spiro atoms. The molecule has 0 unspecified atom stereocenters. The van der Waals surface area contributed by atoms with Crippen LogP contribution in [0.2, 0.25) is 0 Å². The molecule has 3 saturated heterocycles. The first kappa shape index (κ1) is 24.6. The molecule has 7 heteroatoms. The molecule has 37 heavy (non-hydrogen) atoms. The number of hydrogen-bond donors (Lipinski definition) is 0. The first-order valence-corrected chi connectivity index (χ1v) is 13.9. The molecule has 3 fully saturated rings. The second-order valence-corrected chi connectivity index (χ2v) is 11.2. The Kier molecular flexibility index (Phi) is 7.00. The summed E-state index contributed by atoms with van der Waals surface area (Å²) < 4.78 is 22.0. The lowest BCUT2D eigenvalue weighted by Gasteiger charge is -2.42. The van der Waals surface area contributed by atoms with Gasteiger partial charge in [-0.15, -0.1) is 0 Å². The number of pyridine rings is 1. The molecule has 3 aliphatic heterocycles. The highest BCUT2D eigenvalue weighted by Crippen LogP contribution is 2.33. The third-order valence-electron chi connectivity index (χ3n) is 8.47. The first-order chi connectivity index (χ1) is 18.1. The fourth-order valence-corrected chi connectivity index (χ4v) is 6.51. The molecule has 0 saturated carbocycles. The Balaban J connectivity index is 1.27. The molecule has 0 N–H and O–H groups in total. The lowest BCUT2D eigenvalue weighted by molar-refractivity contribution is 0.0254. The summed E-state index contributed by atoms with van der Waals surface area (Å²) in [5.41, 5.74) is 4.56. The summed E-state index contributed by atoms with van der Waals surface area (Å²) in [6.07, 6.45) is 12.5. The maximum atomic E-state index is 14.4. The molecular weight excluding hydrogens is 467 g/mol. The number of fused-ring (bicyclic) bond motifs is 1. The van der Waals surface area contributed by atoms with Gasteiger partial charge in [-0.1, -0.05) is 0 Å². The van der Waals surface area contributed by atoms with Crippen molar-refractivity contribution >= 4 is 16.8 Å². The Hall–Kier alpha value is -2.77. The number of aromatic nitrogens is 2. The second-order valence-electron chi connectivity index (χ2n) is 11.2. The molecule has 0 atom stereocenters. The van der Waals surface area contributed by atoms with E-state index in [4.69, 9.17) is 4.74 Å². The Labute approximate surface area is 218 Å². The smallest absolute Gasteiger partial charge is 0.256 e. The average molecular weight is 505 g/mol. The number of hydrogen-bond acceptors (Lipinski definition) is 4. The summed E-state index contributed by atoms with van der Waals surface area (Å²) in [5.74, 6) is 0.920. The summed E-state index contributed by atoms with van der Waals surface area (Å²) in [4.78, 5) is 22.4. The van der Waals surface area contributed by atoms with Crippen LogP contribution in [0.5, 0.6) is 0 Å². The Morgan fingerprint density at radius 3 is 2.65 bits per heavy atom. The molecule has 196 valence electrons. The van der Waals surface area contributed by atoms with Crippen molar-refractivity contribution in [3.05, 3.63) is 59.3 Å². The zero-order valence-electron chi connectivity index (χ0n) is 21.8. The number of carbonyl (C=O) groups excluding carboxylic acids is 1. The van der Waals surface area contributed by atoms with Gasteiger partial charge in [0.25, 0.3) is 5.91 Å². The highest BCUT2D eigenvalue weighted by Gasteiger charge is 2.31. The van der Waals surface area contributed by atoms with E-state index in [1.807, 2.05) is 17.3 Å². The predicted molar refractivity (Wildman–Crippen MR) is 143 cm³/mol. The van der Waals surface area contributed by atoms with E-state index in [2.05, 4.69) is 27.6 Å². The van der Waals surface area contributed by atoms with E-state index >= 15 is 0 Å². The van der Waals surface area contributed by atoms with Gasteiger partial charge in [0.2, 0.25) is 0 Å². The number of likely N-dealkylation sites (tertiary alicyclic amines) is 2. The number of rotatable bonds is 6. The van der Waals surface area contributed by atoms with Crippen molar-refractivity contribution in [2.45, 2.75) is 45.4 Å². The fourth-order valence-electron chi connectivity index (χ4n) is 6.51. The van der Waals surface area contributed by atoms with Crippen molar-refractivity contribution in [2.75, 3.05) is 45.9 Å². The van der Waals surface area contributed by atoms with Gasteiger partial charge < -0.3 is 19.1 Å².